The van der Waals surface area contributed by atoms with E-state index >= 15 is 0 Å². The van der Waals surface area contributed by atoms with E-state index in [1.807, 2.05) is 63.2 Å². The topological polar surface area (TPSA) is 75.2 Å². The summed E-state index contributed by atoms with van der Waals surface area (Å²) < 4.78 is 28.4. The van der Waals surface area contributed by atoms with Crippen LogP contribution < -0.4 is 24.3 Å². The summed E-state index contributed by atoms with van der Waals surface area (Å²) in [7, 11) is 0. The van der Waals surface area contributed by atoms with Gasteiger partial charge in [-0.05, 0) is 117 Å². The maximum Gasteiger partial charge on any atom is 0.314 e. The molecular weight excluding hydrogens is 566 g/mol. The van der Waals surface area contributed by atoms with E-state index in [0.717, 1.165) is 64.9 Å². The summed E-state index contributed by atoms with van der Waals surface area (Å²) in [6, 6.07) is 22.4. The van der Waals surface area contributed by atoms with Crippen molar-refractivity contribution in [3.63, 3.8) is 0 Å². The minimum absolute atomic E-state index is 0.132. The van der Waals surface area contributed by atoms with Crippen LogP contribution in [0.5, 0.6) is 23.0 Å². The van der Waals surface area contributed by atoms with Gasteiger partial charge in [0.25, 0.3) is 0 Å². The molecule has 45 heavy (non-hydrogen) atoms. The summed E-state index contributed by atoms with van der Waals surface area (Å²) in [5.74, 6) is 3.51. The molecule has 0 saturated heterocycles. The van der Waals surface area contributed by atoms with Crippen molar-refractivity contribution in [1.82, 2.24) is 5.32 Å². The van der Waals surface area contributed by atoms with E-state index < -0.39 is 5.41 Å². The first-order valence-electron chi connectivity index (χ1n) is 16.3. The maximum absolute atomic E-state index is 12.1. The van der Waals surface area contributed by atoms with Crippen LogP contribution in [0.3, 0.4) is 0 Å². The lowest BCUT2D eigenvalue weighted by Crippen LogP contribution is -2.28. The van der Waals surface area contributed by atoms with Gasteiger partial charge in [0.2, 0.25) is 13.6 Å². The van der Waals surface area contributed by atoms with Crippen molar-refractivity contribution in [1.29, 1.82) is 0 Å². The van der Waals surface area contributed by atoms with Crippen LogP contribution in [0.15, 0.2) is 66.7 Å². The molecule has 0 aromatic heterocycles. The molecule has 1 aliphatic heterocycles. The number of esters is 1. The molecule has 0 radical (unpaired) electrons. The van der Waals surface area contributed by atoms with Gasteiger partial charge in [0.05, 0.1) is 5.41 Å². The zero-order valence-electron chi connectivity index (χ0n) is 27.2. The number of nitrogens with one attached hydrogen (secondary N) is 1. The van der Waals surface area contributed by atoms with Gasteiger partial charge in [-0.1, -0.05) is 56.5 Å². The monoisotopic (exact) mass is 613 g/mol. The van der Waals surface area contributed by atoms with Crippen molar-refractivity contribution in [3.05, 3.63) is 83.4 Å². The van der Waals surface area contributed by atoms with Crippen molar-refractivity contribution < 1.29 is 28.5 Å². The molecule has 3 aromatic carbocycles. The van der Waals surface area contributed by atoms with Crippen LogP contribution in [0.25, 0.3) is 11.1 Å². The number of ether oxygens (including phenoxy) is 5. The molecular formula is C38H47NO6. The van der Waals surface area contributed by atoms with Crippen molar-refractivity contribution in [2.75, 3.05) is 33.3 Å². The molecule has 1 heterocycles. The van der Waals surface area contributed by atoms with Crippen molar-refractivity contribution in [3.8, 4) is 23.0 Å². The van der Waals surface area contributed by atoms with Gasteiger partial charge in [0.15, 0.2) is 11.5 Å². The largest absolute Gasteiger partial charge is 0.492 e. The highest BCUT2D eigenvalue weighted by Gasteiger charge is 2.23. The third-order valence-corrected chi connectivity index (χ3v) is 8.40. The summed E-state index contributed by atoms with van der Waals surface area (Å²) >= 11 is 0. The zero-order chi connectivity index (χ0) is 31.6. The SMILES string of the molecule is CCC(=C(c1ccc(OCCNCC2CCCCC2)cc1)c1ccc(OCOC(=O)C(C)(C)C)cc1)c1ccc2c(c1)OCO2. The number of carbonyl (C=O) groups is 1. The third kappa shape index (κ3) is 8.82. The van der Waals surface area contributed by atoms with Crippen LogP contribution in [-0.2, 0) is 9.53 Å². The lowest BCUT2D eigenvalue weighted by atomic mass is 9.88. The first-order chi connectivity index (χ1) is 21.8. The second kappa shape index (κ2) is 15.3. The standard InChI is InChI=1S/C38H47NO6/c1-5-33(30-15-20-34-35(23-30)44-26-43-34)36(29-13-18-32(19-14-29)42-25-45-37(40)38(2,3)4)28-11-16-31(17-12-28)41-22-21-39-24-27-9-7-6-8-10-27/h11-20,23,27,39H,5-10,21-22,24-26H2,1-4H3. The summed E-state index contributed by atoms with van der Waals surface area (Å²) in [4.78, 5) is 12.1. The van der Waals surface area contributed by atoms with E-state index in [1.54, 1.807) is 0 Å². The molecule has 3 aromatic rings. The molecule has 0 spiro atoms. The summed E-state index contributed by atoms with van der Waals surface area (Å²) in [6.45, 7) is 10.3. The molecule has 1 aliphatic carbocycles. The molecule has 240 valence electrons. The van der Waals surface area contributed by atoms with Gasteiger partial charge < -0.3 is 29.0 Å². The van der Waals surface area contributed by atoms with Gasteiger partial charge in [-0.25, -0.2) is 0 Å². The van der Waals surface area contributed by atoms with Crippen LogP contribution in [0.2, 0.25) is 0 Å². The van der Waals surface area contributed by atoms with E-state index in [4.69, 9.17) is 23.7 Å². The Balaban J connectivity index is 1.32. The Morgan fingerprint density at radius 1 is 0.822 bits per heavy atom. The number of hydrogen-bond donors (Lipinski definition) is 1. The fourth-order valence-electron chi connectivity index (χ4n) is 5.87. The van der Waals surface area contributed by atoms with E-state index in [0.29, 0.717) is 12.4 Å². The van der Waals surface area contributed by atoms with Gasteiger partial charge in [-0.2, -0.15) is 0 Å². The second-order valence-corrected chi connectivity index (χ2v) is 12.8. The van der Waals surface area contributed by atoms with Gasteiger partial charge in [-0.15, -0.1) is 0 Å². The molecule has 1 saturated carbocycles. The van der Waals surface area contributed by atoms with Gasteiger partial charge in [-0.3, -0.25) is 4.79 Å². The lowest BCUT2D eigenvalue weighted by Gasteiger charge is -2.21. The fourth-order valence-corrected chi connectivity index (χ4v) is 5.87. The molecule has 0 bridgehead atoms. The van der Waals surface area contributed by atoms with Gasteiger partial charge in [0.1, 0.15) is 18.1 Å². The Hall–Kier alpha value is -3.97. The molecule has 1 N–H and O–H groups in total. The van der Waals surface area contributed by atoms with Gasteiger partial charge in [0, 0.05) is 6.54 Å². The predicted octanol–water partition coefficient (Wildman–Crippen LogP) is 8.26. The van der Waals surface area contributed by atoms with Crippen LogP contribution >= 0.6 is 0 Å². The highest BCUT2D eigenvalue weighted by atomic mass is 16.7. The van der Waals surface area contributed by atoms with E-state index in [2.05, 4.69) is 36.5 Å². The number of rotatable bonds is 13. The number of allylic oxidation sites excluding steroid dienone is 1. The molecule has 7 heteroatoms. The number of hydrogen-bond acceptors (Lipinski definition) is 7. The Morgan fingerprint density at radius 2 is 1.44 bits per heavy atom. The van der Waals surface area contributed by atoms with Gasteiger partial charge >= 0.3 is 5.97 Å². The Bertz CT molecular complexity index is 1430. The normalized spacial score (nSPS) is 15.4. The minimum Gasteiger partial charge on any atom is -0.492 e. The van der Waals surface area contributed by atoms with E-state index in [9.17, 15) is 4.79 Å². The van der Waals surface area contributed by atoms with E-state index in [1.165, 1.54) is 37.7 Å². The maximum atomic E-state index is 12.1. The Labute approximate surface area is 267 Å². The predicted molar refractivity (Wildman–Crippen MR) is 178 cm³/mol. The molecule has 0 amide bonds. The lowest BCUT2D eigenvalue weighted by molar-refractivity contribution is -0.159. The van der Waals surface area contributed by atoms with Crippen molar-refractivity contribution in [2.45, 2.75) is 66.2 Å². The highest BCUT2D eigenvalue weighted by molar-refractivity contribution is 5.99. The highest BCUT2D eigenvalue weighted by Crippen LogP contribution is 2.40. The smallest absolute Gasteiger partial charge is 0.314 e. The summed E-state index contributed by atoms with van der Waals surface area (Å²) in [6.07, 6.45) is 7.62. The first-order valence-corrected chi connectivity index (χ1v) is 16.3. The molecule has 5 rings (SSSR count). The summed E-state index contributed by atoms with van der Waals surface area (Å²) in [5, 5.41) is 3.58. The van der Waals surface area contributed by atoms with Crippen LogP contribution in [-0.4, -0.2) is 39.3 Å². The molecule has 1 fully saturated rings. The Kier molecular flexibility index (Phi) is 11.1. The third-order valence-electron chi connectivity index (χ3n) is 8.40. The first kappa shape index (κ1) is 32.4. The second-order valence-electron chi connectivity index (χ2n) is 12.8. The van der Waals surface area contributed by atoms with Crippen LogP contribution in [0.1, 0.15) is 82.9 Å². The zero-order valence-corrected chi connectivity index (χ0v) is 27.2. The van der Waals surface area contributed by atoms with Crippen LogP contribution in [0, 0.1) is 11.3 Å². The average Bonchev–Trinajstić information content (AvgIpc) is 3.52. The fraction of sp³-hybridized carbons (Fsp3) is 0.447. The molecule has 0 atom stereocenters. The quantitative estimate of drug-likeness (QED) is 0.0900. The Morgan fingerprint density at radius 3 is 2.09 bits per heavy atom. The molecule has 2 aliphatic rings. The van der Waals surface area contributed by atoms with Crippen molar-refractivity contribution in [2.24, 2.45) is 11.3 Å². The number of benzene rings is 3. The minimum atomic E-state index is -0.579. The molecule has 0 unspecified atom stereocenters. The summed E-state index contributed by atoms with van der Waals surface area (Å²) in [5.41, 5.74) is 4.92. The average molecular weight is 614 g/mol. The number of fused-ring (bicyclic) bond motifs is 1. The van der Waals surface area contributed by atoms with E-state index in [-0.39, 0.29) is 19.6 Å². The van der Waals surface area contributed by atoms with Crippen LogP contribution in [0.4, 0.5) is 0 Å². The molecule has 7 nitrogen and oxygen atoms in total. The number of carbonyl (C=O) groups excluding carboxylic acids is 1. The van der Waals surface area contributed by atoms with Crippen molar-refractivity contribution >= 4 is 17.1 Å².